The Morgan fingerprint density at radius 3 is 2.79 bits per heavy atom. The van der Waals surface area contributed by atoms with Crippen molar-refractivity contribution in [3.05, 3.63) is 28.1 Å². The van der Waals surface area contributed by atoms with Crippen LogP contribution in [0, 0.1) is 10.1 Å². The van der Waals surface area contributed by atoms with Gasteiger partial charge in [0.1, 0.15) is 12.3 Å². The van der Waals surface area contributed by atoms with Crippen molar-refractivity contribution in [1.82, 2.24) is 9.88 Å². The molecule has 0 fully saturated rings. The molecule has 1 rings (SSSR count). The number of nitro groups is 1. The molecule has 9 heteroatoms. The van der Waals surface area contributed by atoms with E-state index in [1.165, 1.54) is 17.8 Å². The third-order valence-electron chi connectivity index (χ3n) is 2.19. The summed E-state index contributed by atoms with van der Waals surface area (Å²) in [7, 11) is 1.52. The van der Waals surface area contributed by atoms with Crippen molar-refractivity contribution in [2.75, 3.05) is 19.8 Å². The van der Waals surface area contributed by atoms with E-state index in [0.717, 1.165) is 6.07 Å². The van der Waals surface area contributed by atoms with Gasteiger partial charge in [-0.05, 0) is 0 Å². The second kappa shape index (κ2) is 6.50. The molecule has 19 heavy (non-hydrogen) atoms. The van der Waals surface area contributed by atoms with E-state index in [1.807, 2.05) is 0 Å². The normalized spacial score (nSPS) is 10.2. The molecule has 0 unspecified atom stereocenters. The van der Waals surface area contributed by atoms with Gasteiger partial charge in [-0.15, -0.1) is 0 Å². The van der Waals surface area contributed by atoms with Crippen LogP contribution in [-0.4, -0.2) is 46.2 Å². The summed E-state index contributed by atoms with van der Waals surface area (Å²) in [6.07, 6.45) is 1.23. The Kier molecular flexibility index (Phi) is 5.01. The number of carbonyl (C=O) groups excluding carboxylic acids is 1. The van der Waals surface area contributed by atoms with Crippen LogP contribution in [0.3, 0.4) is 0 Å². The minimum Gasteiger partial charge on any atom is -0.480 e. The number of amides is 1. The molecule has 1 aromatic rings. The van der Waals surface area contributed by atoms with Crippen LogP contribution in [0.2, 0.25) is 0 Å². The lowest BCUT2D eigenvalue weighted by atomic mass is 10.4. The van der Waals surface area contributed by atoms with Gasteiger partial charge in [0.15, 0.2) is 0 Å². The number of hydrogen-bond donors (Lipinski definition) is 2. The molecule has 9 nitrogen and oxygen atoms in total. The number of carboxylic acids is 1. The Hall–Kier alpha value is -2.42. The molecule has 0 aliphatic heterocycles. The van der Waals surface area contributed by atoms with Gasteiger partial charge in [0, 0.05) is 19.7 Å². The first-order valence-corrected chi connectivity index (χ1v) is 5.30. The molecular formula is C10H13N3O6. The molecule has 0 aromatic carbocycles. The lowest BCUT2D eigenvalue weighted by Gasteiger charge is -2.05. The molecule has 0 aliphatic carbocycles. The standard InChI is InChI=1S/C10H13N3O6/c1-12-5-7(13(17)18)4-8(12)10(16)11-2-3-19-6-9(14)15/h4-5H,2-3,6H2,1H3,(H,11,16)(H,14,15). The second-order valence-corrected chi connectivity index (χ2v) is 3.65. The Morgan fingerprint density at radius 2 is 2.26 bits per heavy atom. The first-order valence-electron chi connectivity index (χ1n) is 5.30. The fraction of sp³-hybridized carbons (Fsp3) is 0.400. The molecule has 0 saturated heterocycles. The highest BCUT2D eigenvalue weighted by Gasteiger charge is 2.16. The SMILES string of the molecule is Cn1cc([N+](=O)[O-])cc1C(=O)NCCOCC(=O)O. The highest BCUT2D eigenvalue weighted by molar-refractivity contribution is 5.93. The van der Waals surface area contributed by atoms with Crippen LogP contribution in [0.5, 0.6) is 0 Å². The van der Waals surface area contributed by atoms with E-state index in [1.54, 1.807) is 0 Å². The Labute approximate surface area is 107 Å². The van der Waals surface area contributed by atoms with Crippen LogP contribution in [0.15, 0.2) is 12.3 Å². The number of nitrogens with zero attached hydrogens (tertiary/aromatic N) is 2. The number of ether oxygens (including phenoxy) is 1. The molecule has 0 spiro atoms. The van der Waals surface area contributed by atoms with Crippen LogP contribution >= 0.6 is 0 Å². The summed E-state index contributed by atoms with van der Waals surface area (Å²) in [5, 5.41) is 21.3. The number of carboxylic acid groups (broad SMARTS) is 1. The number of aromatic nitrogens is 1. The average molecular weight is 271 g/mol. The molecule has 1 aromatic heterocycles. The first kappa shape index (κ1) is 14.6. The zero-order chi connectivity index (χ0) is 14.4. The molecular weight excluding hydrogens is 258 g/mol. The molecule has 1 amide bonds. The summed E-state index contributed by atoms with van der Waals surface area (Å²) < 4.78 is 6.06. The highest BCUT2D eigenvalue weighted by Crippen LogP contribution is 2.14. The maximum Gasteiger partial charge on any atom is 0.329 e. The average Bonchev–Trinajstić information content (AvgIpc) is 2.70. The lowest BCUT2D eigenvalue weighted by Crippen LogP contribution is -2.29. The van der Waals surface area contributed by atoms with Gasteiger partial charge < -0.3 is 19.7 Å². The van der Waals surface area contributed by atoms with Crippen molar-refractivity contribution in [3.63, 3.8) is 0 Å². The smallest absolute Gasteiger partial charge is 0.329 e. The van der Waals surface area contributed by atoms with E-state index in [9.17, 15) is 19.7 Å². The predicted octanol–water partition coefficient (Wildman–Crippen LogP) is -0.236. The van der Waals surface area contributed by atoms with E-state index in [2.05, 4.69) is 5.32 Å². The minimum atomic E-state index is -1.09. The molecule has 2 N–H and O–H groups in total. The van der Waals surface area contributed by atoms with Crippen molar-refractivity contribution < 1.29 is 24.4 Å². The van der Waals surface area contributed by atoms with Crippen LogP contribution in [0.1, 0.15) is 10.5 Å². The minimum absolute atomic E-state index is 0.0462. The molecule has 0 radical (unpaired) electrons. The number of nitrogens with one attached hydrogen (secondary N) is 1. The van der Waals surface area contributed by atoms with Crippen LogP contribution in [0.4, 0.5) is 5.69 Å². The molecule has 0 bridgehead atoms. The van der Waals surface area contributed by atoms with Crippen molar-refractivity contribution >= 4 is 17.6 Å². The van der Waals surface area contributed by atoms with Gasteiger partial charge in [-0.25, -0.2) is 4.79 Å². The number of aliphatic carboxylic acids is 1. The van der Waals surface area contributed by atoms with Gasteiger partial charge in [-0.2, -0.15) is 0 Å². The van der Waals surface area contributed by atoms with E-state index < -0.39 is 23.4 Å². The molecule has 0 saturated carbocycles. The van der Waals surface area contributed by atoms with Crippen molar-refractivity contribution in [1.29, 1.82) is 0 Å². The number of rotatable bonds is 7. The van der Waals surface area contributed by atoms with E-state index >= 15 is 0 Å². The van der Waals surface area contributed by atoms with Gasteiger partial charge >= 0.3 is 5.97 Å². The maximum atomic E-state index is 11.7. The largest absolute Gasteiger partial charge is 0.480 e. The number of hydrogen-bond acceptors (Lipinski definition) is 5. The van der Waals surface area contributed by atoms with Gasteiger partial charge in [0.25, 0.3) is 11.6 Å². The van der Waals surface area contributed by atoms with Crippen molar-refractivity contribution in [3.8, 4) is 0 Å². The van der Waals surface area contributed by atoms with Crippen LogP contribution in [0.25, 0.3) is 0 Å². The fourth-order valence-corrected chi connectivity index (χ4v) is 1.36. The third-order valence-corrected chi connectivity index (χ3v) is 2.19. The third kappa shape index (κ3) is 4.39. The summed E-state index contributed by atoms with van der Waals surface area (Å²) in [6.45, 7) is -0.277. The van der Waals surface area contributed by atoms with Gasteiger partial charge in [0.2, 0.25) is 0 Å². The second-order valence-electron chi connectivity index (χ2n) is 3.65. The van der Waals surface area contributed by atoms with Crippen molar-refractivity contribution in [2.24, 2.45) is 7.05 Å². The maximum absolute atomic E-state index is 11.7. The molecule has 1 heterocycles. The fourth-order valence-electron chi connectivity index (χ4n) is 1.36. The van der Waals surface area contributed by atoms with Gasteiger partial charge in [0.05, 0.1) is 17.7 Å². The first-order chi connectivity index (χ1) is 8.91. The Morgan fingerprint density at radius 1 is 1.58 bits per heavy atom. The Bertz CT molecular complexity index is 495. The number of carbonyl (C=O) groups is 2. The van der Waals surface area contributed by atoms with Crippen LogP contribution in [-0.2, 0) is 16.6 Å². The predicted molar refractivity (Wildman–Crippen MR) is 62.9 cm³/mol. The Balaban J connectivity index is 2.45. The summed E-state index contributed by atoms with van der Waals surface area (Å²) in [6, 6.07) is 1.16. The molecule has 0 atom stereocenters. The molecule has 0 aliphatic rings. The van der Waals surface area contributed by atoms with E-state index in [4.69, 9.17) is 9.84 Å². The van der Waals surface area contributed by atoms with E-state index in [0.29, 0.717) is 0 Å². The summed E-state index contributed by atoms with van der Waals surface area (Å²) in [5.41, 5.74) is -0.0280. The zero-order valence-electron chi connectivity index (χ0n) is 10.2. The van der Waals surface area contributed by atoms with Gasteiger partial charge in [-0.3, -0.25) is 14.9 Å². The lowest BCUT2D eigenvalue weighted by molar-refractivity contribution is -0.384. The van der Waals surface area contributed by atoms with Crippen molar-refractivity contribution in [2.45, 2.75) is 0 Å². The molecule has 104 valence electrons. The zero-order valence-corrected chi connectivity index (χ0v) is 10.2. The quantitative estimate of drug-likeness (QED) is 0.401. The summed E-state index contributed by atoms with van der Waals surface area (Å²) in [5.74, 6) is -1.58. The topological polar surface area (TPSA) is 124 Å². The number of aryl methyl sites for hydroxylation is 1. The summed E-state index contributed by atoms with van der Waals surface area (Å²) in [4.78, 5) is 31.8. The van der Waals surface area contributed by atoms with E-state index in [-0.39, 0.29) is 24.5 Å². The monoisotopic (exact) mass is 271 g/mol. The van der Waals surface area contributed by atoms with Crippen LogP contribution < -0.4 is 5.32 Å². The summed E-state index contributed by atoms with van der Waals surface area (Å²) >= 11 is 0. The highest BCUT2D eigenvalue weighted by atomic mass is 16.6. The van der Waals surface area contributed by atoms with Gasteiger partial charge in [-0.1, -0.05) is 0 Å².